The first-order chi connectivity index (χ1) is 7.70. The highest BCUT2D eigenvalue weighted by atomic mass is 16.5. The number of carbonyl (C=O) groups is 1. The summed E-state index contributed by atoms with van der Waals surface area (Å²) in [6.45, 7) is 0. The fraction of sp³-hybridized carbons (Fsp3) is 0.250. The van der Waals surface area contributed by atoms with E-state index in [1.807, 2.05) is 0 Å². The van der Waals surface area contributed by atoms with Crippen molar-refractivity contribution in [1.82, 2.24) is 0 Å². The smallest absolute Gasteiger partial charge is 0.342 e. The third-order valence-corrected chi connectivity index (χ3v) is 2.51. The van der Waals surface area contributed by atoms with Gasteiger partial charge in [-0.2, -0.15) is 0 Å². The van der Waals surface area contributed by atoms with E-state index in [0.29, 0.717) is 22.9 Å². The maximum Gasteiger partial charge on any atom is 0.342 e. The van der Waals surface area contributed by atoms with E-state index in [1.165, 1.54) is 0 Å². The largest absolute Gasteiger partial charge is 0.390 e. The van der Waals surface area contributed by atoms with Crippen LogP contribution in [0, 0.1) is 11.3 Å². The van der Waals surface area contributed by atoms with Crippen LogP contribution in [0.1, 0.15) is 28.8 Å². The molecule has 0 saturated heterocycles. The molecule has 0 unspecified atom stereocenters. The molecule has 3 N–H and O–H groups in total. The number of nitrogens with one attached hydrogen (secondary N) is 1. The number of rotatable bonds is 3. The van der Waals surface area contributed by atoms with Crippen molar-refractivity contribution in [2.24, 2.45) is 5.92 Å². The number of carbonyl (C=O) groups excluding carboxylic acids is 1. The molecule has 1 fully saturated rings. The maximum absolute atomic E-state index is 10.5. The molecule has 0 aliphatic heterocycles. The Morgan fingerprint density at radius 1 is 1.38 bits per heavy atom. The Hall–Kier alpha value is -1.97. The number of nitrogens with two attached hydrogens (primary N) is 1. The monoisotopic (exact) mass is 217 g/mol. The van der Waals surface area contributed by atoms with E-state index in [0.717, 1.165) is 19.1 Å². The molecule has 0 heterocycles. The van der Waals surface area contributed by atoms with Gasteiger partial charge in [-0.25, -0.2) is 5.41 Å². The summed E-state index contributed by atoms with van der Waals surface area (Å²) in [5.41, 5.74) is 1.20. The Labute approximate surface area is 93.3 Å². The fourth-order valence-electron chi connectivity index (χ4n) is 1.34. The zero-order chi connectivity index (χ0) is 11.5. The van der Waals surface area contributed by atoms with Gasteiger partial charge in [-0.1, -0.05) is 12.1 Å². The van der Waals surface area contributed by atoms with Gasteiger partial charge in [0.2, 0.25) is 5.90 Å². The predicted molar refractivity (Wildman–Crippen MR) is 59.4 cm³/mol. The molecule has 4 heteroatoms. The van der Waals surface area contributed by atoms with Crippen LogP contribution in [0.5, 0.6) is 0 Å². The van der Waals surface area contributed by atoms with Crippen molar-refractivity contribution >= 4 is 18.1 Å². The van der Waals surface area contributed by atoms with Crippen LogP contribution < -0.4 is 5.41 Å². The highest BCUT2D eigenvalue weighted by Crippen LogP contribution is 2.29. The van der Waals surface area contributed by atoms with Crippen molar-refractivity contribution in [2.45, 2.75) is 12.8 Å². The third-order valence-electron chi connectivity index (χ3n) is 2.51. The average Bonchev–Trinajstić information content (AvgIpc) is 3.13. The lowest BCUT2D eigenvalue weighted by molar-refractivity contribution is -0.136. The second-order valence-corrected chi connectivity index (χ2v) is 3.85. The maximum atomic E-state index is 10.5. The van der Waals surface area contributed by atoms with E-state index >= 15 is 0 Å². The first kappa shape index (κ1) is 10.5. The summed E-state index contributed by atoms with van der Waals surface area (Å²) in [5, 5.41) is 13.4. The topological polar surface area (TPSA) is 75.7 Å². The SMILES string of the molecule is N=C(OC(=[NH2+])C1CC1)c1ccc(C=O)cc1. The first-order valence-corrected chi connectivity index (χ1v) is 5.15. The van der Waals surface area contributed by atoms with Gasteiger partial charge in [0, 0.05) is 11.1 Å². The van der Waals surface area contributed by atoms with Gasteiger partial charge in [-0.15, -0.1) is 0 Å². The number of ether oxygens (including phenoxy) is 1. The zero-order valence-corrected chi connectivity index (χ0v) is 8.77. The summed E-state index contributed by atoms with van der Waals surface area (Å²) in [7, 11) is 0. The lowest BCUT2D eigenvalue weighted by Crippen LogP contribution is -2.43. The quantitative estimate of drug-likeness (QED) is 0.437. The Kier molecular flexibility index (Phi) is 2.81. The molecule has 1 saturated carbocycles. The predicted octanol–water partition coefficient (Wildman–Crippen LogP) is 0.409. The van der Waals surface area contributed by atoms with Gasteiger partial charge in [-0.05, 0) is 25.0 Å². The van der Waals surface area contributed by atoms with Crippen LogP contribution in [0.3, 0.4) is 0 Å². The van der Waals surface area contributed by atoms with Crippen LogP contribution in [-0.2, 0) is 4.74 Å². The van der Waals surface area contributed by atoms with Crippen LogP contribution in [0.25, 0.3) is 0 Å². The van der Waals surface area contributed by atoms with E-state index < -0.39 is 0 Å². The number of hydrogen-bond acceptors (Lipinski definition) is 3. The Balaban J connectivity index is 2.02. The molecule has 2 rings (SSSR count). The molecule has 4 nitrogen and oxygen atoms in total. The number of hydrogen-bond donors (Lipinski definition) is 2. The van der Waals surface area contributed by atoms with Crippen molar-refractivity contribution in [2.75, 3.05) is 0 Å². The van der Waals surface area contributed by atoms with Crippen molar-refractivity contribution in [3.63, 3.8) is 0 Å². The molecule has 82 valence electrons. The van der Waals surface area contributed by atoms with Gasteiger partial charge >= 0.3 is 5.90 Å². The molecule has 0 spiro atoms. The molecule has 16 heavy (non-hydrogen) atoms. The number of benzene rings is 1. The molecule has 0 aromatic heterocycles. The van der Waals surface area contributed by atoms with Crippen LogP contribution >= 0.6 is 0 Å². The molecule has 1 aliphatic rings. The van der Waals surface area contributed by atoms with Crippen molar-refractivity contribution < 1.29 is 14.9 Å². The van der Waals surface area contributed by atoms with Gasteiger partial charge in [0.25, 0.3) is 0 Å². The van der Waals surface area contributed by atoms with Gasteiger partial charge < -0.3 is 4.74 Å². The van der Waals surface area contributed by atoms with E-state index in [4.69, 9.17) is 15.6 Å². The van der Waals surface area contributed by atoms with Gasteiger partial charge in [0.05, 0.1) is 5.92 Å². The Morgan fingerprint density at radius 3 is 2.50 bits per heavy atom. The van der Waals surface area contributed by atoms with Crippen LogP contribution in [-0.4, -0.2) is 18.1 Å². The van der Waals surface area contributed by atoms with Crippen molar-refractivity contribution in [3.05, 3.63) is 35.4 Å². The summed E-state index contributed by atoms with van der Waals surface area (Å²) in [4.78, 5) is 10.5. The minimum atomic E-state index is 0.0295. The second kappa shape index (κ2) is 4.26. The summed E-state index contributed by atoms with van der Waals surface area (Å²) in [5.74, 6) is 0.765. The standard InChI is InChI=1S/C12H12N2O2/c13-11(16-12(14)10-5-6-10)9-3-1-8(7-15)2-4-9/h1-4,7,10,13-14H,5-6H2/p+1. The summed E-state index contributed by atoms with van der Waals surface area (Å²) in [6.07, 6.45) is 2.85. The third kappa shape index (κ3) is 2.34. The molecule has 1 aliphatic carbocycles. The van der Waals surface area contributed by atoms with Crippen LogP contribution in [0.15, 0.2) is 24.3 Å². The van der Waals surface area contributed by atoms with Gasteiger partial charge in [-0.3, -0.25) is 10.2 Å². The molecular weight excluding hydrogens is 204 g/mol. The number of aldehydes is 1. The molecule has 1 aromatic carbocycles. The Morgan fingerprint density at radius 2 is 2.00 bits per heavy atom. The average molecular weight is 217 g/mol. The van der Waals surface area contributed by atoms with E-state index in [-0.39, 0.29) is 5.90 Å². The van der Waals surface area contributed by atoms with Crippen molar-refractivity contribution in [3.8, 4) is 0 Å². The lowest BCUT2D eigenvalue weighted by Gasteiger charge is -2.03. The van der Waals surface area contributed by atoms with Crippen molar-refractivity contribution in [1.29, 1.82) is 5.41 Å². The van der Waals surface area contributed by atoms with E-state index in [1.54, 1.807) is 24.3 Å². The van der Waals surface area contributed by atoms with Gasteiger partial charge in [0.1, 0.15) is 6.29 Å². The first-order valence-electron chi connectivity index (χ1n) is 5.15. The molecule has 0 radical (unpaired) electrons. The highest BCUT2D eigenvalue weighted by Gasteiger charge is 2.33. The van der Waals surface area contributed by atoms with E-state index in [2.05, 4.69) is 0 Å². The lowest BCUT2D eigenvalue weighted by atomic mass is 10.1. The minimum absolute atomic E-state index is 0.0295. The Bertz CT molecular complexity index is 433. The minimum Gasteiger partial charge on any atom is -0.390 e. The zero-order valence-electron chi connectivity index (χ0n) is 8.77. The molecular formula is C12H13N2O2+. The molecule has 1 aromatic rings. The summed E-state index contributed by atoms with van der Waals surface area (Å²) >= 11 is 0. The molecule has 0 amide bonds. The highest BCUT2D eigenvalue weighted by molar-refractivity contribution is 5.99. The van der Waals surface area contributed by atoms with Crippen LogP contribution in [0.2, 0.25) is 0 Å². The summed E-state index contributed by atoms with van der Waals surface area (Å²) in [6, 6.07) is 6.64. The fourth-order valence-corrected chi connectivity index (χ4v) is 1.34. The molecule has 0 atom stereocenters. The van der Waals surface area contributed by atoms with Crippen LogP contribution in [0.4, 0.5) is 0 Å². The second-order valence-electron chi connectivity index (χ2n) is 3.85. The van der Waals surface area contributed by atoms with Gasteiger partial charge in [0.15, 0.2) is 0 Å². The van der Waals surface area contributed by atoms with E-state index in [9.17, 15) is 4.79 Å². The molecule has 0 bridgehead atoms. The normalized spacial score (nSPS) is 14.2. The summed E-state index contributed by atoms with van der Waals surface area (Å²) < 4.78 is 5.22.